The second-order valence-corrected chi connectivity index (χ2v) is 9.18. The molecule has 0 spiro atoms. The summed E-state index contributed by atoms with van der Waals surface area (Å²) >= 11 is 0. The van der Waals surface area contributed by atoms with E-state index in [9.17, 15) is 9.59 Å². The van der Waals surface area contributed by atoms with E-state index >= 15 is 0 Å². The highest BCUT2D eigenvalue weighted by atomic mass is 16.6. The van der Waals surface area contributed by atoms with Crippen molar-refractivity contribution in [1.82, 2.24) is 9.80 Å². The number of carbonyl (C=O) groups is 2. The van der Waals surface area contributed by atoms with Crippen molar-refractivity contribution in [2.24, 2.45) is 5.92 Å². The number of hydrogen-bond donors (Lipinski definition) is 0. The molecule has 2 saturated heterocycles. The second-order valence-electron chi connectivity index (χ2n) is 9.18. The smallest absolute Gasteiger partial charge is 0.410 e. The molecule has 0 aliphatic carbocycles. The Kier molecular flexibility index (Phi) is 6.70. The van der Waals surface area contributed by atoms with Crippen LogP contribution in [0.3, 0.4) is 0 Å². The lowest BCUT2D eigenvalue weighted by atomic mass is 9.92. The number of likely N-dealkylation sites (tertiary alicyclic amines) is 2. The number of piperidine rings is 1. The topological polar surface area (TPSA) is 59.1 Å². The maximum Gasteiger partial charge on any atom is 0.410 e. The summed E-state index contributed by atoms with van der Waals surface area (Å²) in [7, 11) is 0. The predicted octanol–water partition coefficient (Wildman–Crippen LogP) is 4.01. The van der Waals surface area contributed by atoms with Crippen LogP contribution >= 0.6 is 0 Å². The number of benzene rings is 1. The number of rotatable bonds is 5. The van der Waals surface area contributed by atoms with E-state index in [0.29, 0.717) is 31.9 Å². The number of amides is 2. The van der Waals surface area contributed by atoms with E-state index in [1.165, 1.54) is 5.56 Å². The van der Waals surface area contributed by atoms with E-state index in [0.717, 1.165) is 31.7 Å². The number of hydrogen-bond acceptors (Lipinski definition) is 4. The van der Waals surface area contributed by atoms with Crippen LogP contribution in [0, 0.1) is 12.8 Å². The molecule has 0 N–H and O–H groups in total. The van der Waals surface area contributed by atoms with Gasteiger partial charge in [0.25, 0.3) is 0 Å². The zero-order valence-corrected chi connectivity index (χ0v) is 18.1. The summed E-state index contributed by atoms with van der Waals surface area (Å²) in [5.41, 5.74) is 0.722. The molecule has 2 aliphatic rings. The fourth-order valence-electron chi connectivity index (χ4n) is 4.16. The Hall–Kier alpha value is -2.24. The van der Waals surface area contributed by atoms with Crippen LogP contribution in [-0.2, 0) is 9.53 Å². The minimum Gasteiger partial charge on any atom is -0.494 e. The van der Waals surface area contributed by atoms with Crippen LogP contribution in [0.4, 0.5) is 4.79 Å². The van der Waals surface area contributed by atoms with Gasteiger partial charge >= 0.3 is 6.09 Å². The Balaban J connectivity index is 1.41. The lowest BCUT2D eigenvalue weighted by molar-refractivity contribution is -0.133. The van der Waals surface area contributed by atoms with Gasteiger partial charge in [-0.25, -0.2) is 4.79 Å². The van der Waals surface area contributed by atoms with Crippen molar-refractivity contribution >= 4 is 12.0 Å². The molecular formula is C23H34N2O4. The van der Waals surface area contributed by atoms with E-state index in [1.54, 1.807) is 0 Å². The van der Waals surface area contributed by atoms with E-state index < -0.39 is 5.60 Å². The Labute approximate surface area is 174 Å². The molecule has 1 aromatic rings. The van der Waals surface area contributed by atoms with Crippen LogP contribution in [-0.4, -0.2) is 59.7 Å². The highest BCUT2D eigenvalue weighted by Gasteiger charge is 2.42. The molecule has 6 nitrogen and oxygen atoms in total. The van der Waals surface area contributed by atoms with E-state index in [2.05, 4.69) is 0 Å². The molecule has 0 radical (unpaired) electrons. The van der Waals surface area contributed by atoms with Gasteiger partial charge in [-0.3, -0.25) is 4.79 Å². The molecule has 0 saturated carbocycles. The predicted molar refractivity (Wildman–Crippen MR) is 112 cm³/mol. The maximum absolute atomic E-state index is 12.6. The molecule has 160 valence electrons. The van der Waals surface area contributed by atoms with E-state index in [-0.39, 0.29) is 18.0 Å². The Morgan fingerprint density at radius 2 is 1.83 bits per heavy atom. The summed E-state index contributed by atoms with van der Waals surface area (Å²) in [6.07, 6.45) is 2.75. The average Bonchev–Trinajstić information content (AvgIpc) is 3.08. The first kappa shape index (κ1) is 21.5. The van der Waals surface area contributed by atoms with E-state index in [1.807, 2.05) is 61.8 Å². The molecular weight excluding hydrogens is 368 g/mol. The summed E-state index contributed by atoms with van der Waals surface area (Å²) in [5.74, 6) is 1.38. The standard InChI is InChI=1S/C23H34N2O4/c1-17-7-9-19(10-8-17)28-15-5-6-21(26)24-13-12-20-18(16-24)11-14-25(20)22(27)29-23(2,3)4/h7-10,18,20H,5-6,11-16H2,1-4H3/t18-,20-/m0/s1. The number of fused-ring (bicyclic) bond motifs is 1. The lowest BCUT2D eigenvalue weighted by Gasteiger charge is -2.38. The van der Waals surface area contributed by atoms with E-state index in [4.69, 9.17) is 9.47 Å². The van der Waals surface area contributed by atoms with Gasteiger partial charge in [0.15, 0.2) is 0 Å². The third-order valence-corrected chi connectivity index (χ3v) is 5.64. The first-order valence-corrected chi connectivity index (χ1v) is 10.7. The van der Waals surface area contributed by atoms with Gasteiger partial charge in [0.05, 0.1) is 6.61 Å². The van der Waals surface area contributed by atoms with Gasteiger partial charge in [0.1, 0.15) is 11.4 Å². The first-order chi connectivity index (χ1) is 13.7. The molecule has 2 amide bonds. The summed E-state index contributed by atoms with van der Waals surface area (Å²) in [6.45, 7) is 10.4. The van der Waals surface area contributed by atoms with Crippen LogP contribution in [0.5, 0.6) is 5.75 Å². The van der Waals surface area contributed by atoms with Crippen molar-refractivity contribution in [1.29, 1.82) is 0 Å². The molecule has 1 aromatic carbocycles. The van der Waals surface area contributed by atoms with Gasteiger partial charge in [-0.05, 0) is 65.0 Å². The van der Waals surface area contributed by atoms with Crippen molar-refractivity contribution < 1.29 is 19.1 Å². The molecule has 2 heterocycles. The lowest BCUT2D eigenvalue weighted by Crippen LogP contribution is -2.50. The first-order valence-electron chi connectivity index (χ1n) is 10.7. The molecule has 0 unspecified atom stereocenters. The molecule has 0 aromatic heterocycles. The minimum absolute atomic E-state index is 0.187. The average molecular weight is 403 g/mol. The molecule has 6 heteroatoms. The highest BCUT2D eigenvalue weighted by Crippen LogP contribution is 2.32. The molecule has 29 heavy (non-hydrogen) atoms. The van der Waals surface area contributed by atoms with Gasteiger partial charge in [-0.1, -0.05) is 17.7 Å². The molecule has 0 bridgehead atoms. The molecule has 2 fully saturated rings. The highest BCUT2D eigenvalue weighted by molar-refractivity contribution is 5.76. The van der Waals surface area contributed by atoms with Gasteiger partial charge in [0.2, 0.25) is 5.91 Å². The largest absolute Gasteiger partial charge is 0.494 e. The van der Waals surface area contributed by atoms with Crippen LogP contribution in [0.1, 0.15) is 52.0 Å². The van der Waals surface area contributed by atoms with Crippen LogP contribution in [0.25, 0.3) is 0 Å². The SMILES string of the molecule is Cc1ccc(OCCCC(=O)N2CC[C@H]3[C@@H](CCN3C(=O)OC(C)(C)C)C2)cc1. The van der Waals surface area contributed by atoms with Crippen molar-refractivity contribution in [3.8, 4) is 5.75 Å². The Morgan fingerprint density at radius 3 is 2.52 bits per heavy atom. The van der Waals surface area contributed by atoms with Crippen molar-refractivity contribution in [3.63, 3.8) is 0 Å². The van der Waals surface area contributed by atoms with Crippen LogP contribution in [0.2, 0.25) is 0 Å². The van der Waals surface area contributed by atoms with Gasteiger partial charge in [0, 0.05) is 32.1 Å². The van der Waals surface area contributed by atoms with Gasteiger partial charge < -0.3 is 19.3 Å². The summed E-state index contributed by atoms with van der Waals surface area (Å²) in [5, 5.41) is 0. The number of aryl methyl sites for hydroxylation is 1. The number of carbonyl (C=O) groups excluding carboxylic acids is 2. The van der Waals surface area contributed by atoms with Crippen molar-refractivity contribution in [3.05, 3.63) is 29.8 Å². The molecule has 2 atom stereocenters. The summed E-state index contributed by atoms with van der Waals surface area (Å²) in [6, 6.07) is 8.15. The number of nitrogens with zero attached hydrogens (tertiary/aromatic N) is 2. The Bertz CT molecular complexity index is 711. The maximum atomic E-state index is 12.6. The van der Waals surface area contributed by atoms with Crippen molar-refractivity contribution in [2.45, 2.75) is 65.0 Å². The summed E-state index contributed by atoms with van der Waals surface area (Å²) in [4.78, 5) is 28.9. The van der Waals surface area contributed by atoms with Gasteiger partial charge in [-0.15, -0.1) is 0 Å². The second kappa shape index (κ2) is 9.06. The fourth-order valence-corrected chi connectivity index (χ4v) is 4.16. The zero-order valence-electron chi connectivity index (χ0n) is 18.1. The Morgan fingerprint density at radius 1 is 1.10 bits per heavy atom. The van der Waals surface area contributed by atoms with Crippen LogP contribution in [0.15, 0.2) is 24.3 Å². The zero-order chi connectivity index (χ0) is 21.0. The molecule has 2 aliphatic heterocycles. The quantitative estimate of drug-likeness (QED) is 0.698. The summed E-state index contributed by atoms with van der Waals surface area (Å²) < 4.78 is 11.3. The van der Waals surface area contributed by atoms with Crippen LogP contribution < -0.4 is 4.74 Å². The third-order valence-electron chi connectivity index (χ3n) is 5.64. The normalized spacial score (nSPS) is 21.7. The minimum atomic E-state index is -0.480. The van der Waals surface area contributed by atoms with Gasteiger partial charge in [-0.2, -0.15) is 0 Å². The fraction of sp³-hybridized carbons (Fsp3) is 0.652. The number of ether oxygens (including phenoxy) is 2. The van der Waals surface area contributed by atoms with Crippen molar-refractivity contribution in [2.75, 3.05) is 26.2 Å². The monoisotopic (exact) mass is 402 g/mol. The molecule has 3 rings (SSSR count). The third kappa shape index (κ3) is 5.87.